The lowest BCUT2D eigenvalue weighted by atomic mass is 10.1. The van der Waals surface area contributed by atoms with Crippen molar-refractivity contribution < 1.29 is 9.90 Å². The molecule has 0 bridgehead atoms. The largest absolute Gasteiger partial charge is 0.480 e. The van der Waals surface area contributed by atoms with Crippen LogP contribution in [-0.2, 0) is 11.2 Å². The minimum absolute atomic E-state index is 0.174. The minimum atomic E-state index is -0.932. The number of unbranched alkanes of at least 4 members (excludes halogenated alkanes) is 1. The van der Waals surface area contributed by atoms with E-state index in [0.29, 0.717) is 18.4 Å². The average Bonchev–Trinajstić information content (AvgIpc) is 2.32. The maximum Gasteiger partial charge on any atom is 0.326 e. The number of carbonyl (C=O) groups is 1. The Morgan fingerprint density at radius 1 is 1.44 bits per heavy atom. The van der Waals surface area contributed by atoms with Crippen molar-refractivity contribution in [3.63, 3.8) is 0 Å². The summed E-state index contributed by atoms with van der Waals surface area (Å²) in [7, 11) is 0. The van der Waals surface area contributed by atoms with Crippen molar-refractivity contribution >= 4 is 5.97 Å². The first kappa shape index (κ1) is 14.5. The van der Waals surface area contributed by atoms with Gasteiger partial charge in [-0.15, -0.1) is 0 Å². The first-order valence-electron chi connectivity index (χ1n) is 6.45. The molecule has 0 aliphatic rings. The highest BCUT2D eigenvalue weighted by Gasteiger charge is 2.21. The summed E-state index contributed by atoms with van der Waals surface area (Å²) in [5.74, 6) is -0.932. The number of aromatic nitrogens is 1. The van der Waals surface area contributed by atoms with Gasteiger partial charge in [-0.2, -0.15) is 0 Å². The maximum atomic E-state index is 12.2. The molecule has 0 spiro atoms. The van der Waals surface area contributed by atoms with Crippen LogP contribution in [0.4, 0.5) is 0 Å². The Morgan fingerprint density at radius 2 is 2.11 bits per heavy atom. The Kier molecular flexibility index (Phi) is 5.13. The van der Waals surface area contributed by atoms with Crippen molar-refractivity contribution in [1.82, 2.24) is 4.57 Å². The molecule has 0 saturated heterocycles. The summed E-state index contributed by atoms with van der Waals surface area (Å²) >= 11 is 0. The fourth-order valence-corrected chi connectivity index (χ4v) is 2.08. The van der Waals surface area contributed by atoms with Crippen LogP contribution in [-0.4, -0.2) is 15.6 Å². The molecule has 1 aromatic rings. The molecular formula is C14H21NO3. The molecule has 1 unspecified atom stereocenters. The van der Waals surface area contributed by atoms with Crippen LogP contribution in [0.5, 0.6) is 0 Å². The van der Waals surface area contributed by atoms with Gasteiger partial charge in [0.15, 0.2) is 0 Å². The molecule has 18 heavy (non-hydrogen) atoms. The van der Waals surface area contributed by atoms with E-state index in [0.717, 1.165) is 18.4 Å². The standard InChI is InChI=1S/C14H21NO3/c1-4-6-7-12(14(17)18)15-9-10(3)8-11(5-2)13(15)16/h8-9,12H,4-7H2,1-3H3,(H,17,18). The lowest BCUT2D eigenvalue weighted by molar-refractivity contribution is -0.141. The van der Waals surface area contributed by atoms with Gasteiger partial charge in [0.05, 0.1) is 0 Å². The number of nitrogens with zero attached hydrogens (tertiary/aromatic N) is 1. The number of aryl methyl sites for hydroxylation is 2. The highest BCUT2D eigenvalue weighted by atomic mass is 16.4. The minimum Gasteiger partial charge on any atom is -0.480 e. The molecule has 0 aliphatic carbocycles. The van der Waals surface area contributed by atoms with Gasteiger partial charge in [-0.1, -0.05) is 26.7 Å². The molecular weight excluding hydrogens is 230 g/mol. The van der Waals surface area contributed by atoms with Crippen LogP contribution in [0.1, 0.15) is 50.3 Å². The van der Waals surface area contributed by atoms with E-state index in [1.54, 1.807) is 6.20 Å². The zero-order valence-electron chi connectivity index (χ0n) is 11.3. The van der Waals surface area contributed by atoms with Gasteiger partial charge >= 0.3 is 5.97 Å². The van der Waals surface area contributed by atoms with Gasteiger partial charge in [0, 0.05) is 11.8 Å². The van der Waals surface area contributed by atoms with E-state index in [2.05, 4.69) is 0 Å². The summed E-state index contributed by atoms with van der Waals surface area (Å²) in [6, 6.07) is 1.08. The van der Waals surface area contributed by atoms with E-state index in [1.165, 1.54) is 4.57 Å². The Bertz CT molecular complexity index is 476. The SMILES string of the molecule is CCCCC(C(=O)O)n1cc(C)cc(CC)c1=O. The Balaban J connectivity index is 3.23. The quantitative estimate of drug-likeness (QED) is 0.845. The van der Waals surface area contributed by atoms with Gasteiger partial charge in [0.2, 0.25) is 0 Å². The molecule has 0 amide bonds. The average molecular weight is 251 g/mol. The van der Waals surface area contributed by atoms with Crippen molar-refractivity contribution in [1.29, 1.82) is 0 Å². The number of aliphatic carboxylic acids is 1. The summed E-state index contributed by atoms with van der Waals surface area (Å²) in [6.07, 6.45) is 4.50. The van der Waals surface area contributed by atoms with Crippen LogP contribution in [0.3, 0.4) is 0 Å². The summed E-state index contributed by atoms with van der Waals surface area (Å²) in [5, 5.41) is 9.27. The monoisotopic (exact) mass is 251 g/mol. The van der Waals surface area contributed by atoms with Gasteiger partial charge < -0.3 is 9.67 Å². The zero-order valence-corrected chi connectivity index (χ0v) is 11.3. The Hall–Kier alpha value is -1.58. The first-order chi connectivity index (χ1) is 8.51. The molecule has 4 heteroatoms. The van der Waals surface area contributed by atoms with E-state index < -0.39 is 12.0 Å². The van der Waals surface area contributed by atoms with Crippen LogP contribution < -0.4 is 5.56 Å². The van der Waals surface area contributed by atoms with Crippen LogP contribution in [0.25, 0.3) is 0 Å². The highest BCUT2D eigenvalue weighted by molar-refractivity contribution is 5.71. The van der Waals surface area contributed by atoms with Crippen LogP contribution >= 0.6 is 0 Å². The number of hydrogen-bond donors (Lipinski definition) is 1. The van der Waals surface area contributed by atoms with Crippen molar-refractivity contribution in [2.24, 2.45) is 0 Å². The maximum absolute atomic E-state index is 12.2. The number of hydrogen-bond acceptors (Lipinski definition) is 2. The van der Waals surface area contributed by atoms with E-state index in [-0.39, 0.29) is 5.56 Å². The zero-order chi connectivity index (χ0) is 13.7. The number of carboxylic acids is 1. The summed E-state index contributed by atoms with van der Waals surface area (Å²) in [4.78, 5) is 23.5. The summed E-state index contributed by atoms with van der Waals surface area (Å²) in [6.45, 7) is 5.80. The van der Waals surface area contributed by atoms with Gasteiger partial charge in [-0.25, -0.2) is 4.79 Å². The Morgan fingerprint density at radius 3 is 2.61 bits per heavy atom. The van der Waals surface area contributed by atoms with Crippen molar-refractivity contribution in [3.8, 4) is 0 Å². The molecule has 1 heterocycles. The van der Waals surface area contributed by atoms with Gasteiger partial charge in [0.1, 0.15) is 6.04 Å². The molecule has 0 saturated carbocycles. The first-order valence-corrected chi connectivity index (χ1v) is 6.45. The van der Waals surface area contributed by atoms with Crippen molar-refractivity contribution in [3.05, 3.63) is 33.7 Å². The van der Waals surface area contributed by atoms with E-state index in [4.69, 9.17) is 0 Å². The fraction of sp³-hybridized carbons (Fsp3) is 0.571. The van der Waals surface area contributed by atoms with Crippen LogP contribution in [0, 0.1) is 6.92 Å². The van der Waals surface area contributed by atoms with E-state index in [1.807, 2.05) is 26.8 Å². The summed E-state index contributed by atoms with van der Waals surface area (Å²) in [5.41, 5.74) is 1.43. The number of pyridine rings is 1. The van der Waals surface area contributed by atoms with E-state index in [9.17, 15) is 14.7 Å². The molecule has 0 aliphatic heterocycles. The van der Waals surface area contributed by atoms with Crippen molar-refractivity contribution in [2.75, 3.05) is 0 Å². The van der Waals surface area contributed by atoms with Gasteiger partial charge in [-0.05, 0) is 31.4 Å². The molecule has 0 fully saturated rings. The Labute approximate surface area is 107 Å². The second-order valence-corrected chi connectivity index (χ2v) is 4.60. The molecule has 1 rings (SSSR count). The lowest BCUT2D eigenvalue weighted by Crippen LogP contribution is -2.31. The fourth-order valence-electron chi connectivity index (χ4n) is 2.08. The molecule has 1 atom stereocenters. The molecule has 0 aromatic carbocycles. The topological polar surface area (TPSA) is 59.3 Å². The normalized spacial score (nSPS) is 12.4. The molecule has 1 aromatic heterocycles. The van der Waals surface area contributed by atoms with Crippen molar-refractivity contribution in [2.45, 2.75) is 52.5 Å². The summed E-state index contributed by atoms with van der Waals surface area (Å²) < 4.78 is 1.38. The second kappa shape index (κ2) is 6.38. The molecule has 4 nitrogen and oxygen atoms in total. The van der Waals surface area contributed by atoms with Crippen LogP contribution in [0.2, 0.25) is 0 Å². The van der Waals surface area contributed by atoms with E-state index >= 15 is 0 Å². The predicted octanol–water partition coefficient (Wildman–Crippen LogP) is 2.54. The lowest BCUT2D eigenvalue weighted by Gasteiger charge is -2.17. The van der Waals surface area contributed by atoms with Crippen LogP contribution in [0.15, 0.2) is 17.1 Å². The number of rotatable bonds is 6. The third-order valence-corrected chi connectivity index (χ3v) is 3.09. The van der Waals surface area contributed by atoms with Gasteiger partial charge in [0.25, 0.3) is 5.56 Å². The smallest absolute Gasteiger partial charge is 0.326 e. The number of carboxylic acid groups (broad SMARTS) is 1. The third-order valence-electron chi connectivity index (χ3n) is 3.09. The molecule has 0 radical (unpaired) electrons. The molecule has 1 N–H and O–H groups in total. The predicted molar refractivity (Wildman–Crippen MR) is 71.0 cm³/mol. The third kappa shape index (κ3) is 3.22. The second-order valence-electron chi connectivity index (χ2n) is 4.60. The van der Waals surface area contributed by atoms with Gasteiger partial charge in [-0.3, -0.25) is 4.79 Å². The highest BCUT2D eigenvalue weighted by Crippen LogP contribution is 2.15. The molecule has 100 valence electrons.